The Morgan fingerprint density at radius 2 is 1.85 bits per heavy atom. The van der Waals surface area contributed by atoms with Crippen LogP contribution in [0.15, 0.2) is 92.6 Å². The van der Waals surface area contributed by atoms with E-state index in [0.717, 1.165) is 15.6 Å². The summed E-state index contributed by atoms with van der Waals surface area (Å²) in [6.07, 6.45) is 1.81. The van der Waals surface area contributed by atoms with Crippen LogP contribution >= 0.6 is 27.3 Å². The summed E-state index contributed by atoms with van der Waals surface area (Å²) in [7, 11) is 3.18. The number of methoxy groups -OCH3 is 2. The Labute approximate surface area is 237 Å². The third kappa shape index (κ3) is 5.20. The van der Waals surface area contributed by atoms with Crippen molar-refractivity contribution in [3.05, 3.63) is 119 Å². The zero-order valence-electron chi connectivity index (χ0n) is 21.5. The average Bonchev–Trinajstić information content (AvgIpc) is 3.27. The maximum atomic E-state index is 14.0. The first-order valence-electron chi connectivity index (χ1n) is 12.2. The van der Waals surface area contributed by atoms with Gasteiger partial charge in [0.1, 0.15) is 11.5 Å². The van der Waals surface area contributed by atoms with E-state index in [1.165, 1.54) is 11.3 Å². The summed E-state index contributed by atoms with van der Waals surface area (Å²) < 4.78 is 19.1. The minimum Gasteiger partial charge on any atom is -0.497 e. The number of ether oxygens (including phenoxy) is 3. The van der Waals surface area contributed by atoms with Gasteiger partial charge in [0.2, 0.25) is 0 Å². The zero-order chi connectivity index (χ0) is 27.5. The molecule has 198 valence electrons. The largest absolute Gasteiger partial charge is 0.497 e. The second-order valence-electron chi connectivity index (χ2n) is 8.60. The molecule has 1 aromatic heterocycles. The number of halogens is 1. The summed E-state index contributed by atoms with van der Waals surface area (Å²) in [4.78, 5) is 32.9. The molecule has 1 atom stereocenters. The lowest BCUT2D eigenvalue weighted by molar-refractivity contribution is -0.138. The minimum atomic E-state index is -0.768. The van der Waals surface area contributed by atoms with E-state index in [-0.39, 0.29) is 12.2 Å². The molecule has 0 amide bonds. The maximum absolute atomic E-state index is 14.0. The second kappa shape index (κ2) is 11.4. The van der Waals surface area contributed by atoms with Crippen molar-refractivity contribution in [3.63, 3.8) is 0 Å². The lowest BCUT2D eigenvalue weighted by Crippen LogP contribution is -2.40. The van der Waals surface area contributed by atoms with Gasteiger partial charge < -0.3 is 14.2 Å². The molecule has 4 aromatic rings. The van der Waals surface area contributed by atoms with Crippen LogP contribution in [0, 0.1) is 0 Å². The van der Waals surface area contributed by atoms with E-state index in [2.05, 4.69) is 15.9 Å². The zero-order valence-corrected chi connectivity index (χ0v) is 23.9. The molecular formula is C30H25BrN2O5S. The van der Waals surface area contributed by atoms with Crippen molar-refractivity contribution < 1.29 is 19.0 Å². The molecule has 0 bridgehead atoms. The van der Waals surface area contributed by atoms with Crippen molar-refractivity contribution in [2.24, 2.45) is 4.99 Å². The molecule has 0 saturated heterocycles. The van der Waals surface area contributed by atoms with Gasteiger partial charge in [0.25, 0.3) is 5.56 Å². The normalized spacial score (nSPS) is 15.0. The van der Waals surface area contributed by atoms with Gasteiger partial charge in [-0.25, -0.2) is 9.79 Å². The topological polar surface area (TPSA) is 79.1 Å². The van der Waals surface area contributed by atoms with E-state index < -0.39 is 12.0 Å². The van der Waals surface area contributed by atoms with Crippen LogP contribution in [-0.2, 0) is 9.53 Å². The first-order chi connectivity index (χ1) is 18.9. The molecule has 39 heavy (non-hydrogen) atoms. The van der Waals surface area contributed by atoms with Crippen LogP contribution in [0.2, 0.25) is 0 Å². The van der Waals surface area contributed by atoms with Crippen LogP contribution in [0.5, 0.6) is 11.5 Å². The number of benzene rings is 3. The van der Waals surface area contributed by atoms with Crippen molar-refractivity contribution in [3.8, 4) is 11.5 Å². The van der Waals surface area contributed by atoms with Crippen LogP contribution in [-0.4, -0.2) is 31.4 Å². The Morgan fingerprint density at radius 1 is 1.05 bits per heavy atom. The second-order valence-corrected chi connectivity index (χ2v) is 10.5. The van der Waals surface area contributed by atoms with Gasteiger partial charge >= 0.3 is 5.97 Å². The van der Waals surface area contributed by atoms with Gasteiger partial charge in [0, 0.05) is 5.56 Å². The van der Waals surface area contributed by atoms with Crippen molar-refractivity contribution in [2.75, 3.05) is 20.8 Å². The van der Waals surface area contributed by atoms with E-state index in [1.807, 2.05) is 78.9 Å². The number of nitrogens with zero attached hydrogens (tertiary/aromatic N) is 2. The molecule has 3 aromatic carbocycles. The third-order valence-electron chi connectivity index (χ3n) is 6.26. The van der Waals surface area contributed by atoms with Gasteiger partial charge in [-0.1, -0.05) is 59.9 Å². The van der Waals surface area contributed by atoms with Gasteiger partial charge in [-0.2, -0.15) is 0 Å². The molecule has 0 N–H and O–H groups in total. The first kappa shape index (κ1) is 26.6. The molecule has 0 saturated carbocycles. The van der Waals surface area contributed by atoms with Gasteiger partial charge in [-0.3, -0.25) is 9.36 Å². The van der Waals surface area contributed by atoms with Crippen molar-refractivity contribution >= 4 is 45.0 Å². The number of carbonyl (C=O) groups excluding carboxylic acids is 1. The highest BCUT2D eigenvalue weighted by molar-refractivity contribution is 9.10. The molecule has 0 fully saturated rings. The van der Waals surface area contributed by atoms with E-state index in [1.54, 1.807) is 25.7 Å². The predicted molar refractivity (Wildman–Crippen MR) is 155 cm³/mol. The molecule has 1 aliphatic rings. The predicted octanol–water partition coefficient (Wildman–Crippen LogP) is 4.72. The Morgan fingerprint density at radius 3 is 2.54 bits per heavy atom. The monoisotopic (exact) mass is 604 g/mol. The lowest BCUT2D eigenvalue weighted by atomic mass is 9.93. The van der Waals surface area contributed by atoms with E-state index in [0.29, 0.717) is 37.7 Å². The highest BCUT2D eigenvalue weighted by Crippen LogP contribution is 2.36. The number of hydrogen-bond acceptors (Lipinski definition) is 7. The van der Waals surface area contributed by atoms with Crippen LogP contribution in [0.3, 0.4) is 0 Å². The highest BCUT2D eigenvalue weighted by Gasteiger charge is 2.35. The first-order valence-corrected chi connectivity index (χ1v) is 13.8. The van der Waals surface area contributed by atoms with Gasteiger partial charge in [0.05, 0.1) is 47.1 Å². The van der Waals surface area contributed by atoms with Crippen LogP contribution in [0.1, 0.15) is 29.7 Å². The number of esters is 1. The van der Waals surface area contributed by atoms with Crippen LogP contribution in [0.25, 0.3) is 11.8 Å². The third-order valence-corrected chi connectivity index (χ3v) is 7.86. The summed E-state index contributed by atoms with van der Waals surface area (Å²) in [5.41, 5.74) is 2.79. The summed E-state index contributed by atoms with van der Waals surface area (Å²) in [6.45, 7) is 1.94. The Hall–Kier alpha value is -3.95. The number of hydrogen-bond donors (Lipinski definition) is 0. The fourth-order valence-corrected chi connectivity index (χ4v) is 6.05. The fourth-order valence-electron chi connectivity index (χ4n) is 4.49. The van der Waals surface area contributed by atoms with E-state index >= 15 is 0 Å². The number of thiazole rings is 1. The fraction of sp³-hybridized carbons (Fsp3) is 0.167. The standard InChI is InChI=1S/C30H25BrN2O5S/c1-4-38-29(35)25-26(19-9-6-5-7-10-19)32-30-33(27(25)20-11-8-12-21(17-20)36-2)28(34)24(39-30)16-18-13-14-23(37-3)22(31)15-18/h5-17,27H,4H2,1-3H3/b24-16-. The molecule has 7 nitrogen and oxygen atoms in total. The molecule has 2 heterocycles. The molecule has 5 rings (SSSR count). The average molecular weight is 606 g/mol. The molecule has 0 aliphatic carbocycles. The number of carbonyl (C=O) groups is 1. The highest BCUT2D eigenvalue weighted by atomic mass is 79.9. The molecule has 1 aliphatic heterocycles. The molecule has 0 radical (unpaired) electrons. The Bertz CT molecular complexity index is 1760. The summed E-state index contributed by atoms with van der Waals surface area (Å²) in [6, 6.07) is 21.6. The van der Waals surface area contributed by atoms with Gasteiger partial charge in [-0.05, 0) is 64.3 Å². The molecule has 9 heteroatoms. The van der Waals surface area contributed by atoms with Crippen LogP contribution in [0.4, 0.5) is 0 Å². The Kier molecular flexibility index (Phi) is 7.81. The van der Waals surface area contributed by atoms with E-state index in [4.69, 9.17) is 19.2 Å². The maximum Gasteiger partial charge on any atom is 0.338 e. The van der Waals surface area contributed by atoms with Gasteiger partial charge in [-0.15, -0.1) is 0 Å². The smallest absolute Gasteiger partial charge is 0.338 e. The molecular weight excluding hydrogens is 580 g/mol. The quantitative estimate of drug-likeness (QED) is 0.285. The lowest BCUT2D eigenvalue weighted by Gasteiger charge is -2.26. The van der Waals surface area contributed by atoms with Crippen LogP contribution < -0.4 is 24.4 Å². The summed E-state index contributed by atoms with van der Waals surface area (Å²) >= 11 is 4.78. The van der Waals surface area contributed by atoms with E-state index in [9.17, 15) is 9.59 Å². The minimum absolute atomic E-state index is 0.187. The number of fused-ring (bicyclic) bond motifs is 1. The van der Waals surface area contributed by atoms with Crippen molar-refractivity contribution in [1.82, 2.24) is 4.57 Å². The number of rotatable bonds is 7. The van der Waals surface area contributed by atoms with Gasteiger partial charge in [0.15, 0.2) is 4.80 Å². The van der Waals surface area contributed by atoms with Crippen molar-refractivity contribution in [1.29, 1.82) is 0 Å². The van der Waals surface area contributed by atoms with Crippen molar-refractivity contribution in [2.45, 2.75) is 13.0 Å². The SMILES string of the molecule is CCOC(=O)C1=C(c2ccccc2)N=c2s/c(=C\c3ccc(OC)c(Br)c3)c(=O)n2C1c1cccc(OC)c1. The molecule has 0 spiro atoms. The number of aromatic nitrogens is 1. The summed E-state index contributed by atoms with van der Waals surface area (Å²) in [5, 5.41) is 0. The summed E-state index contributed by atoms with van der Waals surface area (Å²) in [5.74, 6) is 0.777. The molecule has 1 unspecified atom stereocenters. The Balaban J connectivity index is 1.81.